The summed E-state index contributed by atoms with van der Waals surface area (Å²) in [5, 5.41) is 26.9. The molecule has 0 aromatic heterocycles. The van der Waals surface area contributed by atoms with Gasteiger partial charge in [0.1, 0.15) is 24.9 Å². The van der Waals surface area contributed by atoms with Crippen molar-refractivity contribution in [2.24, 2.45) is 0 Å². The van der Waals surface area contributed by atoms with Crippen LogP contribution in [0.25, 0.3) is 0 Å². The Bertz CT molecular complexity index is 102. The van der Waals surface area contributed by atoms with Crippen molar-refractivity contribution in [1.29, 1.82) is 0 Å². The van der Waals surface area contributed by atoms with Crippen molar-refractivity contribution >= 4 is 0 Å². The van der Waals surface area contributed by atoms with E-state index in [0.717, 1.165) is 6.61 Å². The number of hydrogen-bond acceptors (Lipinski definition) is 4. The highest BCUT2D eigenvalue weighted by Crippen LogP contribution is 2.17. The van der Waals surface area contributed by atoms with Crippen LogP contribution in [0.15, 0.2) is 0 Å². The molecule has 1 aliphatic rings. The third kappa shape index (κ3) is 1.29. The van der Waals surface area contributed by atoms with Crippen molar-refractivity contribution in [3.63, 3.8) is 0 Å². The largest absolute Gasteiger partial charge is 0.388 e. The lowest BCUT2D eigenvalue weighted by molar-refractivity contribution is -0.155. The summed E-state index contributed by atoms with van der Waals surface area (Å²) in [7, 11) is 0. The topological polar surface area (TPSA) is 69.9 Å². The molecule has 0 aromatic carbocycles. The molecular weight excluding hydrogens is 136 g/mol. The van der Waals surface area contributed by atoms with Crippen LogP contribution in [0.3, 0.4) is 0 Å². The van der Waals surface area contributed by atoms with Crippen molar-refractivity contribution in [2.75, 3.05) is 0 Å². The van der Waals surface area contributed by atoms with Crippen molar-refractivity contribution in [3.8, 4) is 0 Å². The van der Waals surface area contributed by atoms with E-state index < -0.39 is 24.4 Å². The van der Waals surface area contributed by atoms with Crippen LogP contribution in [0.2, 0.25) is 0 Å². The first-order valence-electron chi connectivity index (χ1n) is 3.16. The number of ether oxygens (including phenoxy) is 1. The van der Waals surface area contributed by atoms with Gasteiger partial charge in [0.05, 0.1) is 6.10 Å². The molecule has 10 heavy (non-hydrogen) atoms. The Balaban J connectivity index is 2.52. The SMILES string of the molecule is C[C@H]1O[CH][C@H](O)[C@@H](O)[C@@H]1O. The Morgan fingerprint density at radius 3 is 2.30 bits per heavy atom. The van der Waals surface area contributed by atoms with Crippen LogP contribution >= 0.6 is 0 Å². The molecule has 0 aliphatic carbocycles. The molecule has 1 radical (unpaired) electrons. The van der Waals surface area contributed by atoms with Crippen LogP contribution in [0.4, 0.5) is 0 Å². The van der Waals surface area contributed by atoms with Crippen LogP contribution in [0.5, 0.6) is 0 Å². The highest BCUT2D eigenvalue weighted by atomic mass is 16.5. The van der Waals surface area contributed by atoms with Gasteiger partial charge >= 0.3 is 0 Å². The maximum Gasteiger partial charge on any atom is 0.115 e. The van der Waals surface area contributed by atoms with Gasteiger partial charge in [-0.05, 0) is 6.92 Å². The molecule has 4 atom stereocenters. The summed E-state index contributed by atoms with van der Waals surface area (Å²) in [6, 6.07) is 0. The average Bonchev–Trinajstić information content (AvgIpc) is 1.93. The van der Waals surface area contributed by atoms with Gasteiger partial charge in [0.25, 0.3) is 0 Å². The molecule has 4 heteroatoms. The zero-order valence-corrected chi connectivity index (χ0v) is 5.64. The van der Waals surface area contributed by atoms with Crippen LogP contribution in [-0.4, -0.2) is 39.7 Å². The van der Waals surface area contributed by atoms with E-state index in [9.17, 15) is 0 Å². The van der Waals surface area contributed by atoms with Gasteiger partial charge in [-0.3, -0.25) is 0 Å². The molecule has 1 heterocycles. The van der Waals surface area contributed by atoms with Crippen molar-refractivity contribution < 1.29 is 20.1 Å². The highest BCUT2D eigenvalue weighted by molar-refractivity contribution is 4.89. The highest BCUT2D eigenvalue weighted by Gasteiger charge is 2.35. The summed E-state index contributed by atoms with van der Waals surface area (Å²) >= 11 is 0. The number of aliphatic hydroxyl groups excluding tert-OH is 3. The Hall–Kier alpha value is -0.160. The van der Waals surface area contributed by atoms with Crippen LogP contribution in [0.1, 0.15) is 6.92 Å². The van der Waals surface area contributed by atoms with Gasteiger partial charge in [0.15, 0.2) is 0 Å². The monoisotopic (exact) mass is 147 g/mol. The molecule has 0 saturated carbocycles. The smallest absolute Gasteiger partial charge is 0.115 e. The lowest BCUT2D eigenvalue weighted by atomic mass is 10.0. The van der Waals surface area contributed by atoms with E-state index in [1.807, 2.05) is 0 Å². The molecule has 0 unspecified atom stereocenters. The van der Waals surface area contributed by atoms with Gasteiger partial charge in [-0.2, -0.15) is 0 Å². The first-order valence-corrected chi connectivity index (χ1v) is 3.16. The molecule has 1 aliphatic heterocycles. The minimum absolute atomic E-state index is 0.446. The van der Waals surface area contributed by atoms with E-state index in [1.54, 1.807) is 6.92 Å². The fourth-order valence-electron chi connectivity index (χ4n) is 0.845. The third-order valence-electron chi connectivity index (χ3n) is 1.61. The second-order valence-corrected chi connectivity index (χ2v) is 2.45. The maximum absolute atomic E-state index is 9.06. The fraction of sp³-hybridized carbons (Fsp3) is 0.833. The summed E-state index contributed by atoms with van der Waals surface area (Å²) in [6.45, 7) is 2.75. The van der Waals surface area contributed by atoms with Crippen molar-refractivity contribution in [2.45, 2.75) is 31.3 Å². The minimum Gasteiger partial charge on any atom is -0.388 e. The summed E-state index contributed by atoms with van der Waals surface area (Å²) in [5.74, 6) is 0. The lowest BCUT2D eigenvalue weighted by Crippen LogP contribution is -2.49. The van der Waals surface area contributed by atoms with Crippen LogP contribution < -0.4 is 0 Å². The predicted molar refractivity (Wildman–Crippen MR) is 32.9 cm³/mol. The molecule has 0 aromatic rings. The van der Waals surface area contributed by atoms with Crippen molar-refractivity contribution in [1.82, 2.24) is 0 Å². The van der Waals surface area contributed by atoms with E-state index in [4.69, 9.17) is 20.1 Å². The lowest BCUT2D eigenvalue weighted by Gasteiger charge is -2.32. The van der Waals surface area contributed by atoms with Crippen LogP contribution in [-0.2, 0) is 4.74 Å². The maximum atomic E-state index is 9.06. The molecule has 4 nitrogen and oxygen atoms in total. The molecule has 0 spiro atoms. The Morgan fingerprint density at radius 2 is 1.80 bits per heavy atom. The van der Waals surface area contributed by atoms with Gasteiger partial charge in [0.2, 0.25) is 0 Å². The Morgan fingerprint density at radius 1 is 1.20 bits per heavy atom. The fourth-order valence-corrected chi connectivity index (χ4v) is 0.845. The summed E-state index contributed by atoms with van der Waals surface area (Å²) in [5.41, 5.74) is 0. The van der Waals surface area contributed by atoms with Gasteiger partial charge in [-0.1, -0.05) is 0 Å². The molecule has 1 rings (SSSR count). The third-order valence-corrected chi connectivity index (χ3v) is 1.61. The van der Waals surface area contributed by atoms with E-state index in [1.165, 1.54) is 0 Å². The molecule has 1 fully saturated rings. The van der Waals surface area contributed by atoms with Gasteiger partial charge in [0, 0.05) is 0 Å². The zero-order chi connectivity index (χ0) is 7.72. The Kier molecular flexibility index (Phi) is 2.25. The van der Waals surface area contributed by atoms with E-state index >= 15 is 0 Å². The van der Waals surface area contributed by atoms with Crippen LogP contribution in [0, 0.1) is 6.61 Å². The average molecular weight is 147 g/mol. The first-order chi connectivity index (χ1) is 4.63. The Labute approximate surface area is 59.1 Å². The van der Waals surface area contributed by atoms with E-state index in [0.29, 0.717) is 0 Å². The van der Waals surface area contributed by atoms with Crippen molar-refractivity contribution in [3.05, 3.63) is 6.61 Å². The van der Waals surface area contributed by atoms with Gasteiger partial charge in [-0.25, -0.2) is 0 Å². The molecule has 0 amide bonds. The van der Waals surface area contributed by atoms with E-state index in [2.05, 4.69) is 0 Å². The number of rotatable bonds is 0. The predicted octanol–water partition coefficient (Wildman–Crippen LogP) is -1.35. The molecule has 0 bridgehead atoms. The quantitative estimate of drug-likeness (QED) is 0.396. The first kappa shape index (κ1) is 7.94. The molecular formula is C6H11O4. The minimum atomic E-state index is -1.12. The number of aliphatic hydroxyl groups is 3. The zero-order valence-electron chi connectivity index (χ0n) is 5.64. The second kappa shape index (κ2) is 2.84. The summed E-state index contributed by atoms with van der Waals surface area (Å²) < 4.78 is 4.79. The van der Waals surface area contributed by atoms with Gasteiger partial charge < -0.3 is 20.1 Å². The number of hydrogen-bond donors (Lipinski definition) is 3. The molecule has 1 saturated heterocycles. The van der Waals surface area contributed by atoms with E-state index in [-0.39, 0.29) is 0 Å². The standard InChI is InChI=1S/C6H11O4/c1-3-5(8)6(9)4(7)2-10-3/h2-9H,1H3/t3-,4+,5-,6-/m1/s1. The summed E-state index contributed by atoms with van der Waals surface area (Å²) in [6.07, 6.45) is -3.65. The second-order valence-electron chi connectivity index (χ2n) is 2.45. The summed E-state index contributed by atoms with van der Waals surface area (Å²) in [4.78, 5) is 0. The van der Waals surface area contributed by atoms with Gasteiger partial charge in [-0.15, -0.1) is 0 Å². The molecule has 59 valence electrons. The normalized spacial score (nSPS) is 49.2. The molecule has 3 N–H and O–H groups in total.